The van der Waals surface area contributed by atoms with E-state index in [0.717, 1.165) is 0 Å². The molecule has 0 radical (unpaired) electrons. The summed E-state index contributed by atoms with van der Waals surface area (Å²) in [5, 5.41) is 6.84. The molecule has 0 saturated heterocycles. The molecule has 1 N–H and O–H groups in total. The van der Waals surface area contributed by atoms with E-state index in [1.165, 1.54) is 36.1 Å². The van der Waals surface area contributed by atoms with Crippen LogP contribution in [0.25, 0.3) is 5.69 Å². The smallest absolute Gasteiger partial charge is 0.387 e. The first-order valence-corrected chi connectivity index (χ1v) is 9.18. The van der Waals surface area contributed by atoms with Crippen molar-refractivity contribution in [3.63, 3.8) is 0 Å². The van der Waals surface area contributed by atoms with Crippen molar-refractivity contribution in [2.75, 3.05) is 19.0 Å². The number of anilines is 1. The van der Waals surface area contributed by atoms with Crippen molar-refractivity contribution in [1.82, 2.24) is 9.78 Å². The minimum absolute atomic E-state index is 0.0786. The number of halogens is 2. The molecule has 1 heterocycles. The molecule has 3 rings (SSSR count). The third-order valence-corrected chi connectivity index (χ3v) is 4.08. The molecule has 0 atom stereocenters. The topological polar surface area (TPSA) is 91.7 Å². The molecular weight excluding hydrogens is 412 g/mol. The molecule has 3 aromatic rings. The molecule has 0 fully saturated rings. The molecule has 31 heavy (non-hydrogen) atoms. The van der Waals surface area contributed by atoms with E-state index in [9.17, 15) is 18.4 Å². The maximum absolute atomic E-state index is 12.6. The van der Waals surface area contributed by atoms with Crippen molar-refractivity contribution in [3.8, 4) is 17.2 Å². The highest BCUT2D eigenvalue weighted by atomic mass is 19.3. The Morgan fingerprint density at radius 2 is 1.94 bits per heavy atom. The number of nitrogens with one attached hydrogen (secondary N) is 1. The predicted octanol–water partition coefficient (Wildman–Crippen LogP) is 3.91. The van der Waals surface area contributed by atoms with E-state index in [-0.39, 0.29) is 29.4 Å². The average molecular weight is 431 g/mol. The summed E-state index contributed by atoms with van der Waals surface area (Å²) in [4.78, 5) is 24.4. The molecule has 0 aliphatic carbocycles. The maximum Gasteiger partial charge on any atom is 0.387 e. The molecule has 162 valence electrons. The van der Waals surface area contributed by atoms with Gasteiger partial charge in [0, 0.05) is 17.4 Å². The van der Waals surface area contributed by atoms with Gasteiger partial charge in [0.15, 0.2) is 17.2 Å². The lowest BCUT2D eigenvalue weighted by molar-refractivity contribution is -0.0512. The number of ether oxygens (including phenoxy) is 3. The number of hydrogen-bond acceptors (Lipinski definition) is 6. The Morgan fingerprint density at radius 3 is 2.65 bits per heavy atom. The van der Waals surface area contributed by atoms with Gasteiger partial charge in [-0.1, -0.05) is 6.07 Å². The van der Waals surface area contributed by atoms with Gasteiger partial charge in [-0.2, -0.15) is 13.9 Å². The summed E-state index contributed by atoms with van der Waals surface area (Å²) in [6.45, 7) is -1.12. The summed E-state index contributed by atoms with van der Waals surface area (Å²) < 4.78 is 41.0. The Bertz CT molecular complexity index is 1080. The number of esters is 1. The molecule has 1 amide bonds. The Morgan fingerprint density at radius 1 is 1.13 bits per heavy atom. The number of aromatic nitrogens is 2. The van der Waals surface area contributed by atoms with Gasteiger partial charge < -0.3 is 19.5 Å². The normalized spacial score (nSPS) is 10.6. The number of hydrogen-bond donors (Lipinski definition) is 1. The first-order chi connectivity index (χ1) is 14.9. The Labute approximate surface area is 176 Å². The van der Waals surface area contributed by atoms with Crippen LogP contribution in [-0.2, 0) is 4.74 Å². The highest BCUT2D eigenvalue weighted by molar-refractivity contribution is 6.04. The first-order valence-electron chi connectivity index (χ1n) is 9.18. The van der Waals surface area contributed by atoms with Crippen molar-refractivity contribution in [1.29, 1.82) is 0 Å². The summed E-state index contributed by atoms with van der Waals surface area (Å²) >= 11 is 0. The second-order valence-electron chi connectivity index (χ2n) is 6.11. The van der Waals surface area contributed by atoms with Crippen molar-refractivity contribution in [2.45, 2.75) is 13.5 Å². The van der Waals surface area contributed by atoms with Crippen LogP contribution in [0.4, 0.5) is 14.5 Å². The van der Waals surface area contributed by atoms with Crippen molar-refractivity contribution in [2.24, 2.45) is 0 Å². The number of alkyl halides is 2. The second kappa shape index (κ2) is 9.70. The molecular formula is C21H19F2N3O5. The van der Waals surface area contributed by atoms with E-state index in [2.05, 4.69) is 15.2 Å². The van der Waals surface area contributed by atoms with Gasteiger partial charge in [-0.25, -0.2) is 9.48 Å². The Kier molecular flexibility index (Phi) is 6.81. The lowest BCUT2D eigenvalue weighted by Gasteiger charge is -2.12. The number of amides is 1. The summed E-state index contributed by atoms with van der Waals surface area (Å²) in [6, 6.07) is 12.2. The summed E-state index contributed by atoms with van der Waals surface area (Å²) in [6.07, 6.45) is 1.59. The Hall–Kier alpha value is -3.95. The zero-order chi connectivity index (χ0) is 22.4. The van der Waals surface area contributed by atoms with Gasteiger partial charge in [0.05, 0.1) is 19.4 Å². The third-order valence-electron chi connectivity index (χ3n) is 4.08. The SMILES string of the molecule is CCOC(=O)c1ccn(-c2cccc(NC(=O)c3ccc(OC)c(OC(F)F)c3)c2)n1. The largest absolute Gasteiger partial charge is 0.493 e. The fourth-order valence-electron chi connectivity index (χ4n) is 2.72. The van der Waals surface area contributed by atoms with Crippen LogP contribution in [0.2, 0.25) is 0 Å². The van der Waals surface area contributed by atoms with Crippen molar-refractivity contribution < 1.29 is 32.6 Å². The van der Waals surface area contributed by atoms with Crippen LogP contribution in [0.5, 0.6) is 11.5 Å². The first kappa shape index (κ1) is 21.8. The molecule has 10 heteroatoms. The summed E-state index contributed by atoms with van der Waals surface area (Å²) in [5.41, 5.74) is 1.28. The molecule has 0 spiro atoms. The van der Waals surface area contributed by atoms with E-state index >= 15 is 0 Å². The standard InChI is InChI=1S/C21H19F2N3O5/c1-3-30-20(28)16-9-10-26(25-16)15-6-4-5-14(12-15)24-19(27)13-7-8-17(29-2)18(11-13)31-21(22)23/h4-12,21H,3H2,1-2H3,(H,24,27). The molecule has 0 saturated carbocycles. The summed E-state index contributed by atoms with van der Waals surface area (Å²) in [7, 11) is 1.31. The number of carbonyl (C=O) groups excluding carboxylic acids is 2. The number of nitrogens with zero attached hydrogens (tertiary/aromatic N) is 2. The van der Waals surface area contributed by atoms with Crippen LogP contribution in [0.15, 0.2) is 54.7 Å². The molecule has 1 aromatic heterocycles. The van der Waals surface area contributed by atoms with Crippen LogP contribution < -0.4 is 14.8 Å². The van der Waals surface area contributed by atoms with Crippen LogP contribution in [0.3, 0.4) is 0 Å². The minimum Gasteiger partial charge on any atom is -0.493 e. The maximum atomic E-state index is 12.6. The summed E-state index contributed by atoms with van der Waals surface area (Å²) in [5.74, 6) is -1.24. The molecule has 0 bridgehead atoms. The molecule has 0 aliphatic rings. The fraction of sp³-hybridized carbons (Fsp3) is 0.190. The van der Waals surface area contributed by atoms with Crippen LogP contribution >= 0.6 is 0 Å². The van der Waals surface area contributed by atoms with Crippen molar-refractivity contribution in [3.05, 3.63) is 66.0 Å². The van der Waals surface area contributed by atoms with E-state index < -0.39 is 18.5 Å². The van der Waals surface area contributed by atoms with Crippen LogP contribution in [-0.4, -0.2) is 42.0 Å². The number of carbonyl (C=O) groups is 2. The quantitative estimate of drug-likeness (QED) is 0.544. The van der Waals surface area contributed by atoms with Crippen LogP contribution in [0, 0.1) is 0 Å². The van der Waals surface area contributed by atoms with Gasteiger partial charge in [0.1, 0.15) is 0 Å². The highest BCUT2D eigenvalue weighted by Crippen LogP contribution is 2.30. The molecule has 8 nitrogen and oxygen atoms in total. The highest BCUT2D eigenvalue weighted by Gasteiger charge is 2.15. The van der Waals surface area contributed by atoms with Gasteiger partial charge in [-0.15, -0.1) is 0 Å². The monoisotopic (exact) mass is 431 g/mol. The zero-order valence-corrected chi connectivity index (χ0v) is 16.7. The average Bonchev–Trinajstić information content (AvgIpc) is 3.24. The minimum atomic E-state index is -3.06. The van der Waals surface area contributed by atoms with E-state index in [1.54, 1.807) is 37.4 Å². The zero-order valence-electron chi connectivity index (χ0n) is 16.7. The van der Waals surface area contributed by atoms with Gasteiger partial charge in [-0.05, 0) is 49.4 Å². The fourth-order valence-corrected chi connectivity index (χ4v) is 2.72. The Balaban J connectivity index is 1.78. The lowest BCUT2D eigenvalue weighted by Crippen LogP contribution is -2.13. The van der Waals surface area contributed by atoms with E-state index in [1.807, 2.05) is 0 Å². The lowest BCUT2D eigenvalue weighted by atomic mass is 10.1. The number of benzene rings is 2. The van der Waals surface area contributed by atoms with Gasteiger partial charge in [0.25, 0.3) is 5.91 Å². The second-order valence-corrected chi connectivity index (χ2v) is 6.11. The molecule has 0 unspecified atom stereocenters. The van der Waals surface area contributed by atoms with Crippen LogP contribution in [0.1, 0.15) is 27.8 Å². The van der Waals surface area contributed by atoms with Gasteiger partial charge >= 0.3 is 12.6 Å². The van der Waals surface area contributed by atoms with Crippen molar-refractivity contribution >= 4 is 17.6 Å². The molecule has 2 aromatic carbocycles. The number of methoxy groups -OCH3 is 1. The predicted molar refractivity (Wildman–Crippen MR) is 107 cm³/mol. The molecule has 0 aliphatic heterocycles. The van der Waals surface area contributed by atoms with Gasteiger partial charge in [0.2, 0.25) is 0 Å². The van der Waals surface area contributed by atoms with E-state index in [4.69, 9.17) is 9.47 Å². The van der Waals surface area contributed by atoms with E-state index in [0.29, 0.717) is 11.4 Å². The third kappa shape index (κ3) is 5.35. The van der Waals surface area contributed by atoms with Gasteiger partial charge in [-0.3, -0.25) is 4.79 Å². The number of rotatable bonds is 8.